The molecule has 0 aromatic heterocycles. The first kappa shape index (κ1) is 19.4. The van der Waals surface area contributed by atoms with Crippen molar-refractivity contribution in [1.29, 1.82) is 0 Å². The first-order valence-electron chi connectivity index (χ1n) is 6.14. The Balaban J connectivity index is 0. The largest absolute Gasteiger partial charge is 1.00 e. The fourth-order valence-corrected chi connectivity index (χ4v) is 1.62. The minimum Gasteiger partial charge on any atom is -0.662 e. The maximum atomic E-state index is 10.5. The number of hydrogen-bond donors (Lipinski definition) is 0. The molecule has 0 bridgehead atoms. The van der Waals surface area contributed by atoms with Gasteiger partial charge in [0.2, 0.25) is 0 Å². The summed E-state index contributed by atoms with van der Waals surface area (Å²) in [6.45, 7) is 2.22. The average Bonchev–Trinajstić information content (AvgIpc) is 2.26. The van der Waals surface area contributed by atoms with Crippen LogP contribution in [0.4, 0.5) is 0 Å². The van der Waals surface area contributed by atoms with Crippen LogP contribution in [0.5, 0.6) is 0 Å². The zero-order valence-corrected chi connectivity index (χ0v) is 13.9. The topological polar surface area (TPSA) is 49.4 Å². The monoisotopic (exact) mass is 254 g/mol. The van der Waals surface area contributed by atoms with E-state index in [0.717, 1.165) is 19.3 Å². The number of unbranched alkanes of at least 4 members (excludes halogenated alkanes) is 8. The maximum Gasteiger partial charge on any atom is 1.00 e. The van der Waals surface area contributed by atoms with Gasteiger partial charge in [0.05, 0.1) is 0 Å². The molecule has 0 aromatic carbocycles. The van der Waals surface area contributed by atoms with Gasteiger partial charge in [0.1, 0.15) is 0 Å². The average molecular weight is 254 g/mol. The molecule has 0 aromatic rings. The molecule has 0 saturated carbocycles. The number of rotatable bonds is 10. The Morgan fingerprint density at radius 1 is 0.938 bits per heavy atom. The second-order valence-electron chi connectivity index (χ2n) is 4.03. The van der Waals surface area contributed by atoms with Crippen LogP contribution < -0.4 is 56.6 Å². The van der Waals surface area contributed by atoms with Crippen LogP contribution in [0.15, 0.2) is 0 Å². The summed E-state index contributed by atoms with van der Waals surface area (Å²) in [5.41, 5.74) is 0. The zero-order chi connectivity index (χ0) is 11.4. The Kier molecular flexibility index (Phi) is 19.5. The molecule has 90 valence electrons. The molecule has 4 heteroatoms. The third kappa shape index (κ3) is 15.1. The van der Waals surface area contributed by atoms with E-state index in [2.05, 4.69) is 11.8 Å². The third-order valence-electron chi connectivity index (χ3n) is 2.58. The normalized spacial score (nSPS) is 9.62. The quantitative estimate of drug-likeness (QED) is 0.233. The minimum atomic E-state index is -0.627. The van der Waals surface area contributed by atoms with Crippen LogP contribution in [-0.2, 0) is 9.68 Å². The molecular formula is C12H23KO3. The Hall–Kier alpha value is 1.07. The molecule has 0 radical (unpaired) electrons. The van der Waals surface area contributed by atoms with Crippen LogP contribution in [0.25, 0.3) is 0 Å². The molecule has 0 heterocycles. The number of hydrogen-bond acceptors (Lipinski definition) is 3. The fourth-order valence-electron chi connectivity index (χ4n) is 1.62. The van der Waals surface area contributed by atoms with Gasteiger partial charge in [-0.2, -0.15) is 0 Å². The van der Waals surface area contributed by atoms with Crippen LogP contribution in [0.2, 0.25) is 0 Å². The summed E-state index contributed by atoms with van der Waals surface area (Å²) in [5, 5.41) is 9.65. The summed E-state index contributed by atoms with van der Waals surface area (Å²) in [6.07, 6.45) is 11.1. The van der Waals surface area contributed by atoms with E-state index in [1.165, 1.54) is 38.5 Å². The molecule has 0 N–H and O–H groups in total. The molecule has 0 spiro atoms. The van der Waals surface area contributed by atoms with Crippen molar-refractivity contribution in [3.63, 3.8) is 0 Å². The van der Waals surface area contributed by atoms with E-state index < -0.39 is 5.97 Å². The first-order chi connectivity index (χ1) is 7.31. The molecule has 3 nitrogen and oxygen atoms in total. The molecule has 16 heavy (non-hydrogen) atoms. The molecule has 0 atom stereocenters. The first-order valence-corrected chi connectivity index (χ1v) is 6.14. The molecule has 0 aliphatic heterocycles. The van der Waals surface area contributed by atoms with Gasteiger partial charge in [0, 0.05) is 6.42 Å². The maximum absolute atomic E-state index is 10.5. The SMILES string of the molecule is CCCCCCCCCCCC(=O)O[O-].[K+]. The molecule has 0 saturated heterocycles. The summed E-state index contributed by atoms with van der Waals surface area (Å²) in [7, 11) is 0. The van der Waals surface area contributed by atoms with Gasteiger partial charge in [-0.05, 0) is 6.42 Å². The predicted molar refractivity (Wildman–Crippen MR) is 57.9 cm³/mol. The van der Waals surface area contributed by atoms with E-state index in [1.54, 1.807) is 0 Å². The van der Waals surface area contributed by atoms with Crippen molar-refractivity contribution in [1.82, 2.24) is 0 Å². The van der Waals surface area contributed by atoms with Crippen LogP contribution in [0.3, 0.4) is 0 Å². The fraction of sp³-hybridized carbons (Fsp3) is 0.917. The molecule has 0 aliphatic rings. The van der Waals surface area contributed by atoms with Crippen molar-refractivity contribution in [3.05, 3.63) is 0 Å². The van der Waals surface area contributed by atoms with E-state index in [4.69, 9.17) is 0 Å². The van der Waals surface area contributed by atoms with Crippen LogP contribution >= 0.6 is 0 Å². The summed E-state index contributed by atoms with van der Waals surface area (Å²) < 4.78 is 0. The number of carbonyl (C=O) groups is 1. The van der Waals surface area contributed by atoms with Gasteiger partial charge >= 0.3 is 51.4 Å². The van der Waals surface area contributed by atoms with Gasteiger partial charge < -0.3 is 10.1 Å². The van der Waals surface area contributed by atoms with Crippen molar-refractivity contribution in [2.75, 3.05) is 0 Å². The smallest absolute Gasteiger partial charge is 0.662 e. The van der Waals surface area contributed by atoms with Crippen LogP contribution in [-0.4, -0.2) is 5.97 Å². The third-order valence-corrected chi connectivity index (χ3v) is 2.58. The van der Waals surface area contributed by atoms with E-state index in [1.807, 2.05) is 0 Å². The molecule has 0 rings (SSSR count). The standard InChI is InChI=1S/C12H24O3.K/c1-2-3-4-5-6-7-8-9-10-11-12(13)15-14;/h14H,2-11H2,1H3;/q;+1/p-1. The van der Waals surface area contributed by atoms with Crippen LogP contribution in [0, 0.1) is 0 Å². The van der Waals surface area contributed by atoms with Crippen molar-refractivity contribution in [2.24, 2.45) is 0 Å². The second-order valence-corrected chi connectivity index (χ2v) is 4.03. The van der Waals surface area contributed by atoms with Gasteiger partial charge in [-0.3, -0.25) is 4.79 Å². The van der Waals surface area contributed by atoms with E-state index in [9.17, 15) is 10.1 Å². The minimum absolute atomic E-state index is 0. The molecule has 0 fully saturated rings. The van der Waals surface area contributed by atoms with Gasteiger partial charge in [-0.15, -0.1) is 0 Å². The van der Waals surface area contributed by atoms with Crippen molar-refractivity contribution in [2.45, 2.75) is 71.1 Å². The van der Waals surface area contributed by atoms with Gasteiger partial charge in [-0.1, -0.05) is 58.3 Å². The van der Waals surface area contributed by atoms with Crippen molar-refractivity contribution < 1.29 is 66.3 Å². The van der Waals surface area contributed by atoms with Gasteiger partial charge in [-0.25, -0.2) is 0 Å². The zero-order valence-electron chi connectivity index (χ0n) is 10.8. The van der Waals surface area contributed by atoms with E-state index >= 15 is 0 Å². The molecule has 0 amide bonds. The van der Waals surface area contributed by atoms with E-state index in [-0.39, 0.29) is 57.8 Å². The van der Waals surface area contributed by atoms with E-state index in [0.29, 0.717) is 0 Å². The predicted octanol–water partition coefficient (Wildman–Crippen LogP) is -0.270. The summed E-state index contributed by atoms with van der Waals surface area (Å²) in [4.78, 5) is 13.8. The summed E-state index contributed by atoms with van der Waals surface area (Å²) >= 11 is 0. The molecule has 0 aliphatic carbocycles. The Morgan fingerprint density at radius 2 is 1.38 bits per heavy atom. The Bertz CT molecular complexity index is 151. The molecule has 0 unspecified atom stereocenters. The number of carbonyl (C=O) groups excluding carboxylic acids is 1. The summed E-state index contributed by atoms with van der Waals surface area (Å²) in [6, 6.07) is 0. The van der Waals surface area contributed by atoms with Gasteiger partial charge in [0.25, 0.3) is 5.97 Å². The Morgan fingerprint density at radius 3 is 1.81 bits per heavy atom. The second kappa shape index (κ2) is 16.1. The van der Waals surface area contributed by atoms with Crippen molar-refractivity contribution >= 4 is 5.97 Å². The van der Waals surface area contributed by atoms with Crippen LogP contribution in [0.1, 0.15) is 71.1 Å². The summed E-state index contributed by atoms with van der Waals surface area (Å²) in [5.74, 6) is -0.627. The van der Waals surface area contributed by atoms with Gasteiger partial charge in [0.15, 0.2) is 0 Å². The molecular weight excluding hydrogens is 231 g/mol. The van der Waals surface area contributed by atoms with Crippen molar-refractivity contribution in [3.8, 4) is 0 Å². The Labute approximate surface area is 142 Å².